The van der Waals surface area contributed by atoms with Crippen LogP contribution >= 0.6 is 0 Å². The highest BCUT2D eigenvalue weighted by atomic mass is 19.4. The minimum atomic E-state index is -4.68. The minimum absolute atomic E-state index is 0.0231. The molecule has 1 aliphatic heterocycles. The second-order valence-corrected chi connectivity index (χ2v) is 12.0. The highest BCUT2D eigenvalue weighted by Crippen LogP contribution is 2.39. The summed E-state index contributed by atoms with van der Waals surface area (Å²) in [5, 5.41) is 3.71. The number of aromatic nitrogens is 5. The Kier molecular flexibility index (Phi) is 7.86. The van der Waals surface area contributed by atoms with E-state index in [2.05, 4.69) is 10.3 Å². The van der Waals surface area contributed by atoms with Gasteiger partial charge in [-0.3, -0.25) is 13.9 Å². The average Bonchev–Trinajstić information content (AvgIpc) is 3.70. The number of ether oxygens (including phenoxy) is 1. The molecule has 0 bridgehead atoms. The number of nitrogens with zero attached hydrogens (tertiary/aromatic N) is 6. The summed E-state index contributed by atoms with van der Waals surface area (Å²) in [6.45, 7) is 4.66. The number of halogens is 3. The van der Waals surface area contributed by atoms with Gasteiger partial charge in [0.2, 0.25) is 5.88 Å². The number of rotatable bonds is 7. The van der Waals surface area contributed by atoms with E-state index in [0.29, 0.717) is 56.1 Å². The highest BCUT2D eigenvalue weighted by Gasteiger charge is 2.36. The van der Waals surface area contributed by atoms with Gasteiger partial charge in [0.25, 0.3) is 5.56 Å². The van der Waals surface area contributed by atoms with Gasteiger partial charge in [-0.25, -0.2) is 9.78 Å². The van der Waals surface area contributed by atoms with Crippen LogP contribution in [0.1, 0.15) is 11.1 Å². The fourth-order valence-electron chi connectivity index (χ4n) is 6.68. The zero-order valence-corrected chi connectivity index (χ0v) is 26.7. The molecule has 0 unspecified atom stereocenters. The third kappa shape index (κ3) is 5.33. The number of imidazole rings is 1. The predicted octanol–water partition coefficient (Wildman–Crippen LogP) is 4.95. The molecule has 4 aromatic heterocycles. The SMILES string of the molecule is COc1ncc(-c2ccc3c(c2)c2c(c(=O)n3CCn3cccc3)n(C)c(=O)n2-c2ccc(N3CCNCC3)c(C(F)(F)F)c2)cc1C. The van der Waals surface area contributed by atoms with E-state index in [9.17, 15) is 22.8 Å². The van der Waals surface area contributed by atoms with Crippen molar-refractivity contribution in [3.63, 3.8) is 0 Å². The Hall–Kier alpha value is -5.30. The van der Waals surface area contributed by atoms with Gasteiger partial charge in [0.1, 0.15) is 5.52 Å². The molecule has 0 amide bonds. The molecule has 0 atom stereocenters. The molecule has 1 aliphatic rings. The number of fused-ring (bicyclic) bond motifs is 3. The Morgan fingerprint density at radius 1 is 0.938 bits per heavy atom. The molecule has 1 N–H and O–H groups in total. The largest absolute Gasteiger partial charge is 0.481 e. The zero-order valence-electron chi connectivity index (χ0n) is 26.7. The topological polar surface area (TPSA) is 91.2 Å². The summed E-state index contributed by atoms with van der Waals surface area (Å²) in [6.07, 6.45) is 0.799. The molecule has 6 aromatic rings. The second-order valence-electron chi connectivity index (χ2n) is 12.0. The quantitative estimate of drug-likeness (QED) is 0.261. The van der Waals surface area contributed by atoms with Gasteiger partial charge in [0.15, 0.2) is 0 Å². The molecule has 5 heterocycles. The van der Waals surface area contributed by atoms with Crippen LogP contribution < -0.4 is 26.2 Å². The average molecular weight is 658 g/mol. The molecule has 0 radical (unpaired) electrons. The summed E-state index contributed by atoms with van der Waals surface area (Å²) in [7, 11) is 3.02. The van der Waals surface area contributed by atoms with Crippen molar-refractivity contribution in [2.24, 2.45) is 7.05 Å². The molecule has 48 heavy (non-hydrogen) atoms. The van der Waals surface area contributed by atoms with Crippen molar-refractivity contribution >= 4 is 27.6 Å². The molecular formula is C35H34F3N7O3. The number of nitrogens with one attached hydrogen (secondary N) is 1. The molecule has 1 saturated heterocycles. The Balaban J connectivity index is 1.50. The number of benzene rings is 2. The van der Waals surface area contributed by atoms with Gasteiger partial charge in [-0.15, -0.1) is 0 Å². The van der Waals surface area contributed by atoms with Gasteiger partial charge >= 0.3 is 11.9 Å². The van der Waals surface area contributed by atoms with E-state index in [-0.39, 0.29) is 22.4 Å². The zero-order chi connectivity index (χ0) is 33.7. The van der Waals surface area contributed by atoms with E-state index in [1.807, 2.05) is 60.3 Å². The number of pyridine rings is 2. The normalized spacial score (nSPS) is 13.9. The van der Waals surface area contributed by atoms with Gasteiger partial charge in [0, 0.05) is 87.1 Å². The smallest absolute Gasteiger partial charge is 0.418 e. The summed E-state index contributed by atoms with van der Waals surface area (Å²) in [4.78, 5) is 34.4. The predicted molar refractivity (Wildman–Crippen MR) is 179 cm³/mol. The Morgan fingerprint density at radius 2 is 1.69 bits per heavy atom. The fourth-order valence-corrected chi connectivity index (χ4v) is 6.68. The molecule has 13 heteroatoms. The number of aryl methyl sites for hydroxylation is 4. The third-order valence-corrected chi connectivity index (χ3v) is 9.06. The third-order valence-electron chi connectivity index (χ3n) is 9.06. The number of alkyl halides is 3. The second kappa shape index (κ2) is 12.1. The van der Waals surface area contributed by atoms with Crippen molar-refractivity contribution in [3.05, 3.63) is 105 Å². The number of piperazine rings is 1. The van der Waals surface area contributed by atoms with E-state index in [1.165, 1.54) is 28.3 Å². The molecule has 0 spiro atoms. The van der Waals surface area contributed by atoms with Crippen LogP contribution in [0.3, 0.4) is 0 Å². The first-order valence-electron chi connectivity index (χ1n) is 15.6. The van der Waals surface area contributed by atoms with Crippen molar-refractivity contribution in [2.45, 2.75) is 26.2 Å². The highest BCUT2D eigenvalue weighted by molar-refractivity contribution is 6.05. The Labute approximate surface area is 273 Å². The summed E-state index contributed by atoms with van der Waals surface area (Å²) >= 11 is 0. The Bertz CT molecular complexity index is 2280. The maximum Gasteiger partial charge on any atom is 0.418 e. The summed E-state index contributed by atoms with van der Waals surface area (Å²) in [5.41, 5.74) is 1.45. The molecule has 2 aromatic carbocycles. The van der Waals surface area contributed by atoms with E-state index in [1.54, 1.807) is 22.8 Å². The van der Waals surface area contributed by atoms with E-state index in [4.69, 9.17) is 4.74 Å². The molecular weight excluding hydrogens is 623 g/mol. The number of hydrogen-bond acceptors (Lipinski definition) is 6. The van der Waals surface area contributed by atoms with Gasteiger partial charge in [-0.05, 0) is 61.0 Å². The Morgan fingerprint density at radius 3 is 2.38 bits per heavy atom. The summed E-state index contributed by atoms with van der Waals surface area (Å²) in [5.74, 6) is 0.488. The van der Waals surface area contributed by atoms with Crippen LogP contribution in [0.25, 0.3) is 38.8 Å². The first-order chi connectivity index (χ1) is 23.1. The molecule has 7 rings (SSSR count). The van der Waals surface area contributed by atoms with Crippen molar-refractivity contribution in [1.82, 2.24) is 28.6 Å². The van der Waals surface area contributed by atoms with Crippen LogP contribution in [0, 0.1) is 6.92 Å². The van der Waals surface area contributed by atoms with E-state index < -0.39 is 23.0 Å². The maximum absolute atomic E-state index is 14.6. The van der Waals surface area contributed by atoms with Crippen molar-refractivity contribution in [2.75, 3.05) is 38.2 Å². The van der Waals surface area contributed by atoms with Crippen molar-refractivity contribution in [3.8, 4) is 22.7 Å². The van der Waals surface area contributed by atoms with Crippen LogP contribution in [0.5, 0.6) is 5.88 Å². The standard InChI is InChI=1S/C35H34F3N7O3/c1-22-18-24(21-40-32(22)48-3)23-6-8-28-26(19-23)30-31(33(46)44(28)17-16-42-12-4-5-13-42)41(2)34(47)45(30)25-7-9-29(27(20-25)35(36,37)38)43-14-10-39-11-15-43/h4-9,12-13,18-21,39H,10-11,14-17H2,1-3H3. The van der Waals surface area contributed by atoms with Crippen LogP contribution in [0.2, 0.25) is 0 Å². The molecule has 248 valence electrons. The monoisotopic (exact) mass is 657 g/mol. The van der Waals surface area contributed by atoms with Crippen molar-refractivity contribution < 1.29 is 17.9 Å². The molecule has 0 saturated carbocycles. The summed E-state index contributed by atoms with van der Waals surface area (Å²) in [6, 6.07) is 15.2. The van der Waals surface area contributed by atoms with Crippen LogP contribution in [-0.2, 0) is 26.3 Å². The lowest BCUT2D eigenvalue weighted by atomic mass is 10.0. The lowest BCUT2D eigenvalue weighted by molar-refractivity contribution is -0.137. The van der Waals surface area contributed by atoms with Crippen LogP contribution in [0.15, 0.2) is 82.8 Å². The lowest BCUT2D eigenvalue weighted by Gasteiger charge is -2.31. The number of hydrogen-bond donors (Lipinski definition) is 1. The first kappa shape index (κ1) is 31.3. The maximum atomic E-state index is 14.6. The van der Waals surface area contributed by atoms with Crippen LogP contribution in [-0.4, -0.2) is 56.5 Å². The molecule has 10 nitrogen and oxygen atoms in total. The van der Waals surface area contributed by atoms with Gasteiger partial charge < -0.3 is 24.1 Å². The van der Waals surface area contributed by atoms with Crippen LogP contribution in [0.4, 0.5) is 18.9 Å². The van der Waals surface area contributed by atoms with Gasteiger partial charge in [0.05, 0.1) is 29.4 Å². The minimum Gasteiger partial charge on any atom is -0.481 e. The first-order valence-corrected chi connectivity index (χ1v) is 15.6. The number of anilines is 1. The molecule has 1 fully saturated rings. The molecule has 0 aliphatic carbocycles. The van der Waals surface area contributed by atoms with Gasteiger partial charge in [-0.1, -0.05) is 6.07 Å². The van der Waals surface area contributed by atoms with E-state index in [0.717, 1.165) is 22.8 Å². The van der Waals surface area contributed by atoms with E-state index >= 15 is 0 Å². The lowest BCUT2D eigenvalue weighted by Crippen LogP contribution is -2.44. The number of methoxy groups -OCH3 is 1. The van der Waals surface area contributed by atoms with Gasteiger partial charge in [-0.2, -0.15) is 13.2 Å². The van der Waals surface area contributed by atoms with Crippen molar-refractivity contribution in [1.29, 1.82) is 0 Å². The fraction of sp³-hybridized carbons (Fsp3) is 0.286. The summed E-state index contributed by atoms with van der Waals surface area (Å²) < 4.78 is 55.2.